The molecule has 8 heteroatoms. The Morgan fingerprint density at radius 3 is 2.91 bits per heavy atom. The second-order valence-electron chi connectivity index (χ2n) is 5.82. The SMILES string of the molecule is Cc1cscc1NC(=O)N1CCOCC1c1nnc(C(C)C)o1. The van der Waals surface area contributed by atoms with Gasteiger partial charge in [-0.1, -0.05) is 13.8 Å². The van der Waals surface area contributed by atoms with Crippen LogP contribution in [0.2, 0.25) is 0 Å². The van der Waals surface area contributed by atoms with Crippen LogP contribution in [0.25, 0.3) is 0 Å². The number of ether oxygens (including phenoxy) is 1. The van der Waals surface area contributed by atoms with Crippen molar-refractivity contribution in [3.63, 3.8) is 0 Å². The lowest BCUT2D eigenvalue weighted by molar-refractivity contribution is 0.00494. The Kier molecular flexibility index (Phi) is 4.63. The second-order valence-corrected chi connectivity index (χ2v) is 6.56. The number of morpholine rings is 1. The summed E-state index contributed by atoms with van der Waals surface area (Å²) in [5.41, 5.74) is 1.88. The lowest BCUT2D eigenvalue weighted by Crippen LogP contribution is -2.45. The zero-order valence-corrected chi connectivity index (χ0v) is 14.2. The van der Waals surface area contributed by atoms with Crippen LogP contribution in [0.15, 0.2) is 15.2 Å². The first-order chi connectivity index (χ1) is 11.1. The van der Waals surface area contributed by atoms with E-state index in [1.807, 2.05) is 31.5 Å². The van der Waals surface area contributed by atoms with Crippen molar-refractivity contribution >= 4 is 23.1 Å². The third kappa shape index (κ3) is 3.37. The Labute approximate surface area is 138 Å². The molecule has 3 heterocycles. The molecule has 2 aromatic rings. The number of hydrogen-bond acceptors (Lipinski definition) is 6. The maximum absolute atomic E-state index is 12.6. The maximum atomic E-state index is 12.6. The van der Waals surface area contributed by atoms with Gasteiger partial charge in [-0.05, 0) is 17.9 Å². The van der Waals surface area contributed by atoms with Crippen LogP contribution in [0, 0.1) is 6.92 Å². The highest BCUT2D eigenvalue weighted by molar-refractivity contribution is 7.08. The number of carbonyl (C=O) groups is 1. The lowest BCUT2D eigenvalue weighted by atomic mass is 10.2. The first-order valence-corrected chi connectivity index (χ1v) is 8.52. The molecule has 1 N–H and O–H groups in total. The monoisotopic (exact) mass is 336 g/mol. The molecule has 1 fully saturated rings. The van der Waals surface area contributed by atoms with Crippen LogP contribution in [0.1, 0.15) is 43.2 Å². The summed E-state index contributed by atoms with van der Waals surface area (Å²) in [5, 5.41) is 15.0. The summed E-state index contributed by atoms with van der Waals surface area (Å²) >= 11 is 1.56. The number of hydrogen-bond donors (Lipinski definition) is 1. The fraction of sp³-hybridized carbons (Fsp3) is 0.533. The summed E-state index contributed by atoms with van der Waals surface area (Å²) in [6.45, 7) is 7.28. The average molecular weight is 336 g/mol. The Hall–Kier alpha value is -1.93. The van der Waals surface area contributed by atoms with Crippen molar-refractivity contribution in [2.45, 2.75) is 32.7 Å². The molecular weight excluding hydrogens is 316 g/mol. The van der Waals surface area contributed by atoms with Gasteiger partial charge in [-0.2, -0.15) is 0 Å². The molecule has 124 valence electrons. The molecule has 1 saturated heterocycles. The maximum Gasteiger partial charge on any atom is 0.322 e. The van der Waals surface area contributed by atoms with Gasteiger partial charge in [0.15, 0.2) is 0 Å². The molecule has 7 nitrogen and oxygen atoms in total. The van der Waals surface area contributed by atoms with Crippen LogP contribution in [-0.4, -0.2) is 40.9 Å². The van der Waals surface area contributed by atoms with Crippen LogP contribution < -0.4 is 5.32 Å². The number of anilines is 1. The molecule has 0 saturated carbocycles. The second kappa shape index (κ2) is 6.67. The van der Waals surface area contributed by atoms with E-state index in [1.165, 1.54) is 0 Å². The number of aromatic nitrogens is 2. The molecule has 1 atom stereocenters. The molecule has 0 bridgehead atoms. The number of thiophene rings is 1. The minimum atomic E-state index is -0.359. The van der Waals surface area contributed by atoms with E-state index in [0.29, 0.717) is 31.5 Å². The number of urea groups is 1. The van der Waals surface area contributed by atoms with Gasteiger partial charge in [0, 0.05) is 17.8 Å². The van der Waals surface area contributed by atoms with Gasteiger partial charge in [0.05, 0.1) is 18.9 Å². The largest absolute Gasteiger partial charge is 0.423 e. The van der Waals surface area contributed by atoms with E-state index >= 15 is 0 Å². The van der Waals surface area contributed by atoms with E-state index in [-0.39, 0.29) is 18.0 Å². The van der Waals surface area contributed by atoms with Crippen molar-refractivity contribution < 1.29 is 13.9 Å². The fourth-order valence-corrected chi connectivity index (χ4v) is 3.12. The van der Waals surface area contributed by atoms with Crippen molar-refractivity contribution in [1.29, 1.82) is 0 Å². The van der Waals surface area contributed by atoms with Crippen LogP contribution >= 0.6 is 11.3 Å². The first-order valence-electron chi connectivity index (χ1n) is 7.57. The van der Waals surface area contributed by atoms with Crippen LogP contribution in [-0.2, 0) is 4.74 Å². The molecule has 1 unspecified atom stereocenters. The van der Waals surface area contributed by atoms with Crippen LogP contribution in [0.3, 0.4) is 0 Å². The number of rotatable bonds is 3. The van der Waals surface area contributed by atoms with Crippen molar-refractivity contribution in [2.24, 2.45) is 0 Å². The Morgan fingerprint density at radius 1 is 1.43 bits per heavy atom. The molecule has 1 aliphatic rings. The van der Waals surface area contributed by atoms with E-state index in [2.05, 4.69) is 15.5 Å². The Balaban J connectivity index is 1.77. The van der Waals surface area contributed by atoms with E-state index in [4.69, 9.17) is 9.15 Å². The normalized spacial score (nSPS) is 18.4. The third-order valence-corrected chi connectivity index (χ3v) is 4.58. The highest BCUT2D eigenvalue weighted by Crippen LogP contribution is 2.27. The number of nitrogens with zero attached hydrogens (tertiary/aromatic N) is 3. The van der Waals surface area contributed by atoms with Gasteiger partial charge in [-0.3, -0.25) is 0 Å². The highest BCUT2D eigenvalue weighted by Gasteiger charge is 2.33. The molecular formula is C15H20N4O3S. The van der Waals surface area contributed by atoms with Crippen molar-refractivity contribution in [3.05, 3.63) is 28.1 Å². The quantitative estimate of drug-likeness (QED) is 0.931. The molecule has 2 aromatic heterocycles. The summed E-state index contributed by atoms with van der Waals surface area (Å²) in [6, 6.07) is -0.535. The Bertz CT molecular complexity index is 682. The predicted octanol–water partition coefficient (Wildman–Crippen LogP) is 3.17. The predicted molar refractivity (Wildman–Crippen MR) is 86.7 cm³/mol. The third-order valence-electron chi connectivity index (χ3n) is 3.72. The van der Waals surface area contributed by atoms with Gasteiger partial charge >= 0.3 is 6.03 Å². The zero-order chi connectivity index (χ0) is 16.4. The summed E-state index contributed by atoms with van der Waals surface area (Å²) in [7, 11) is 0. The smallest absolute Gasteiger partial charge is 0.322 e. The Morgan fingerprint density at radius 2 is 2.26 bits per heavy atom. The molecule has 2 amide bonds. The molecule has 3 rings (SSSR count). The zero-order valence-electron chi connectivity index (χ0n) is 13.4. The van der Waals surface area contributed by atoms with Gasteiger partial charge in [0.1, 0.15) is 6.04 Å². The summed E-state index contributed by atoms with van der Waals surface area (Å²) < 4.78 is 11.2. The summed E-state index contributed by atoms with van der Waals surface area (Å²) in [4.78, 5) is 14.3. The van der Waals surface area contributed by atoms with Crippen LogP contribution in [0.4, 0.5) is 10.5 Å². The standard InChI is InChI=1S/C15H20N4O3S/c1-9(2)13-17-18-14(22-13)12-6-21-5-4-19(12)15(20)16-11-8-23-7-10(11)3/h7-9,12H,4-6H2,1-3H3,(H,16,20). The average Bonchev–Trinajstić information content (AvgIpc) is 3.17. The molecule has 23 heavy (non-hydrogen) atoms. The van der Waals surface area contributed by atoms with Crippen molar-refractivity contribution in [3.8, 4) is 0 Å². The molecule has 0 spiro atoms. The molecule has 1 aliphatic heterocycles. The van der Waals surface area contributed by atoms with E-state index < -0.39 is 0 Å². The minimum Gasteiger partial charge on any atom is -0.423 e. The van der Waals surface area contributed by atoms with E-state index in [9.17, 15) is 4.79 Å². The molecule has 0 aliphatic carbocycles. The van der Waals surface area contributed by atoms with E-state index in [1.54, 1.807) is 16.2 Å². The highest BCUT2D eigenvalue weighted by atomic mass is 32.1. The summed E-state index contributed by atoms with van der Waals surface area (Å²) in [5.74, 6) is 1.14. The van der Waals surface area contributed by atoms with Crippen molar-refractivity contribution in [2.75, 3.05) is 25.1 Å². The number of nitrogens with one attached hydrogen (secondary N) is 1. The van der Waals surface area contributed by atoms with Gasteiger partial charge < -0.3 is 19.4 Å². The van der Waals surface area contributed by atoms with Crippen LogP contribution in [0.5, 0.6) is 0 Å². The van der Waals surface area contributed by atoms with Gasteiger partial charge in [0.2, 0.25) is 11.8 Å². The van der Waals surface area contributed by atoms with Crippen molar-refractivity contribution in [1.82, 2.24) is 15.1 Å². The summed E-state index contributed by atoms with van der Waals surface area (Å²) in [6.07, 6.45) is 0. The topological polar surface area (TPSA) is 80.5 Å². The molecule has 0 aromatic carbocycles. The first kappa shape index (κ1) is 15.9. The minimum absolute atomic E-state index is 0.150. The number of carbonyl (C=O) groups excluding carboxylic acids is 1. The molecule has 0 radical (unpaired) electrons. The lowest BCUT2D eigenvalue weighted by Gasteiger charge is -2.33. The van der Waals surface area contributed by atoms with Gasteiger partial charge in [-0.15, -0.1) is 21.5 Å². The van der Waals surface area contributed by atoms with Gasteiger partial charge in [0.25, 0.3) is 0 Å². The van der Waals surface area contributed by atoms with E-state index in [0.717, 1.165) is 11.3 Å². The fourth-order valence-electron chi connectivity index (χ4n) is 2.34. The number of aryl methyl sites for hydroxylation is 1. The van der Waals surface area contributed by atoms with Gasteiger partial charge in [-0.25, -0.2) is 4.79 Å². The number of amides is 2.